The minimum absolute atomic E-state index is 0.168. The van der Waals surface area contributed by atoms with Gasteiger partial charge in [0.15, 0.2) is 0 Å². The maximum absolute atomic E-state index is 12.1. The van der Waals surface area contributed by atoms with Gasteiger partial charge in [-0.1, -0.05) is 18.2 Å². The number of benzene rings is 1. The third-order valence-corrected chi connectivity index (χ3v) is 5.56. The number of aliphatic hydroxyl groups excluding tert-OH is 1. The molecule has 1 aromatic carbocycles. The summed E-state index contributed by atoms with van der Waals surface area (Å²) in [7, 11) is 0. The molecule has 2 N–H and O–H groups in total. The second kappa shape index (κ2) is 7.72. The van der Waals surface area contributed by atoms with Crippen LogP contribution in [-0.2, 0) is 6.54 Å². The first-order valence-corrected chi connectivity index (χ1v) is 9.98. The molecule has 0 radical (unpaired) electrons. The molecule has 0 aliphatic carbocycles. The van der Waals surface area contributed by atoms with Crippen LogP contribution in [0.15, 0.2) is 40.5 Å². The molecular weight excluding hydrogens is 360 g/mol. The van der Waals surface area contributed by atoms with Gasteiger partial charge >= 0.3 is 0 Å². The molecule has 3 aromatic rings. The maximum atomic E-state index is 12.1. The Morgan fingerprint density at radius 1 is 1.22 bits per heavy atom. The maximum Gasteiger partial charge on any atom is 0.251 e. The summed E-state index contributed by atoms with van der Waals surface area (Å²) in [6, 6.07) is 9.58. The molecular formula is C20H22N4O2S. The van der Waals surface area contributed by atoms with E-state index >= 15 is 0 Å². The molecule has 140 valence electrons. The van der Waals surface area contributed by atoms with Gasteiger partial charge in [-0.25, -0.2) is 9.97 Å². The van der Waals surface area contributed by atoms with E-state index < -0.39 is 0 Å². The Balaban J connectivity index is 1.60. The van der Waals surface area contributed by atoms with Gasteiger partial charge in [0.05, 0.1) is 16.8 Å². The Hall–Kier alpha value is -2.35. The normalized spacial score (nSPS) is 15.9. The summed E-state index contributed by atoms with van der Waals surface area (Å²) in [5.41, 5.74) is 3.19. The predicted octanol–water partition coefficient (Wildman–Crippen LogP) is 2.83. The van der Waals surface area contributed by atoms with Crippen LogP contribution in [0.3, 0.4) is 0 Å². The van der Waals surface area contributed by atoms with E-state index in [2.05, 4.69) is 32.0 Å². The Kier molecular flexibility index (Phi) is 5.15. The lowest BCUT2D eigenvalue weighted by molar-refractivity contribution is 0.0792. The van der Waals surface area contributed by atoms with Crippen molar-refractivity contribution in [2.45, 2.75) is 32.4 Å². The predicted molar refractivity (Wildman–Crippen MR) is 107 cm³/mol. The van der Waals surface area contributed by atoms with Gasteiger partial charge in [-0.05, 0) is 31.4 Å². The van der Waals surface area contributed by atoms with Gasteiger partial charge in [0, 0.05) is 36.6 Å². The molecule has 2 aromatic heterocycles. The first-order valence-electron chi connectivity index (χ1n) is 9.10. The van der Waals surface area contributed by atoms with Gasteiger partial charge in [0.1, 0.15) is 11.5 Å². The van der Waals surface area contributed by atoms with Crippen LogP contribution >= 0.6 is 11.3 Å². The first kappa shape index (κ1) is 18.0. The number of hydrogen-bond acceptors (Lipinski definition) is 6. The molecule has 6 nitrogen and oxygen atoms in total. The summed E-state index contributed by atoms with van der Waals surface area (Å²) < 4.78 is 0. The Morgan fingerprint density at radius 2 is 2.04 bits per heavy atom. The highest BCUT2D eigenvalue weighted by Gasteiger charge is 2.17. The zero-order valence-electron chi connectivity index (χ0n) is 15.2. The van der Waals surface area contributed by atoms with Crippen LogP contribution in [0, 0.1) is 6.92 Å². The number of hydrogen-bond donors (Lipinski definition) is 2. The Morgan fingerprint density at radius 3 is 2.78 bits per heavy atom. The third-order valence-electron chi connectivity index (χ3n) is 4.79. The van der Waals surface area contributed by atoms with Crippen molar-refractivity contribution < 1.29 is 5.11 Å². The fraction of sp³-hybridized carbons (Fsp3) is 0.350. The van der Waals surface area contributed by atoms with E-state index in [0.29, 0.717) is 11.5 Å². The van der Waals surface area contributed by atoms with E-state index in [1.165, 1.54) is 11.6 Å². The van der Waals surface area contributed by atoms with E-state index in [0.717, 1.165) is 48.7 Å². The molecule has 1 aliphatic heterocycles. The molecule has 1 saturated heterocycles. The van der Waals surface area contributed by atoms with Gasteiger partial charge in [-0.15, -0.1) is 11.3 Å². The molecule has 0 spiro atoms. The standard InChI is InChI=1S/C20H22N4O2S/c1-13-21-18(12-27-13)17-10-19(26)23-20(22-17)15-4-2-3-14(9-15)11-24-7-5-16(25)6-8-24/h2-4,9-10,12,16,25H,5-8,11H2,1H3,(H,22,23,26). The number of thiazole rings is 1. The summed E-state index contributed by atoms with van der Waals surface area (Å²) >= 11 is 1.54. The summed E-state index contributed by atoms with van der Waals surface area (Å²) in [4.78, 5) is 26.4. The van der Waals surface area contributed by atoms with E-state index in [-0.39, 0.29) is 11.7 Å². The minimum atomic E-state index is -0.184. The fourth-order valence-corrected chi connectivity index (χ4v) is 3.97. The average molecular weight is 382 g/mol. The average Bonchev–Trinajstić information content (AvgIpc) is 3.10. The summed E-state index contributed by atoms with van der Waals surface area (Å²) in [6.45, 7) is 4.57. The van der Waals surface area contributed by atoms with E-state index in [9.17, 15) is 9.90 Å². The topological polar surface area (TPSA) is 82.1 Å². The third kappa shape index (κ3) is 4.32. The van der Waals surface area contributed by atoms with Gasteiger partial charge in [-0.3, -0.25) is 9.69 Å². The second-order valence-corrected chi connectivity index (χ2v) is 8.00. The lowest BCUT2D eigenvalue weighted by atomic mass is 10.1. The monoisotopic (exact) mass is 382 g/mol. The van der Waals surface area contributed by atoms with Crippen molar-refractivity contribution in [3.63, 3.8) is 0 Å². The van der Waals surface area contributed by atoms with Gasteiger partial charge in [0.25, 0.3) is 5.56 Å². The highest BCUT2D eigenvalue weighted by atomic mass is 32.1. The summed E-state index contributed by atoms with van der Waals surface area (Å²) in [5.74, 6) is 0.555. The van der Waals surface area contributed by atoms with Crippen molar-refractivity contribution >= 4 is 11.3 Å². The largest absolute Gasteiger partial charge is 0.393 e. The van der Waals surface area contributed by atoms with Crippen LogP contribution in [0.5, 0.6) is 0 Å². The van der Waals surface area contributed by atoms with E-state index in [1.807, 2.05) is 24.4 Å². The van der Waals surface area contributed by atoms with Gasteiger partial charge in [0.2, 0.25) is 0 Å². The highest BCUT2D eigenvalue weighted by molar-refractivity contribution is 7.09. The van der Waals surface area contributed by atoms with Crippen LogP contribution in [0.2, 0.25) is 0 Å². The van der Waals surface area contributed by atoms with Gasteiger partial charge in [-0.2, -0.15) is 0 Å². The number of nitrogens with zero attached hydrogens (tertiary/aromatic N) is 3. The SMILES string of the molecule is Cc1nc(-c2cc(=O)[nH]c(-c3cccc(CN4CCC(O)CC4)c3)n2)cs1. The van der Waals surface area contributed by atoms with Crippen LogP contribution in [-0.4, -0.2) is 44.2 Å². The van der Waals surface area contributed by atoms with E-state index in [4.69, 9.17) is 0 Å². The minimum Gasteiger partial charge on any atom is -0.393 e. The Bertz CT molecular complexity index is 989. The molecule has 0 saturated carbocycles. The zero-order chi connectivity index (χ0) is 18.8. The smallest absolute Gasteiger partial charge is 0.251 e. The molecule has 3 heterocycles. The number of aromatic nitrogens is 3. The number of aliphatic hydroxyl groups is 1. The van der Waals surface area contributed by atoms with Crippen molar-refractivity contribution in [3.05, 3.63) is 56.6 Å². The molecule has 0 amide bonds. The lowest BCUT2D eigenvalue weighted by Gasteiger charge is -2.29. The lowest BCUT2D eigenvalue weighted by Crippen LogP contribution is -2.35. The van der Waals surface area contributed by atoms with Crippen molar-refractivity contribution in [2.24, 2.45) is 0 Å². The van der Waals surface area contributed by atoms with E-state index in [1.54, 1.807) is 11.3 Å². The van der Waals surface area contributed by atoms with Crippen molar-refractivity contribution in [1.82, 2.24) is 19.9 Å². The molecule has 0 bridgehead atoms. The van der Waals surface area contributed by atoms with Crippen molar-refractivity contribution in [1.29, 1.82) is 0 Å². The van der Waals surface area contributed by atoms with Crippen LogP contribution in [0.1, 0.15) is 23.4 Å². The molecule has 1 aliphatic rings. The van der Waals surface area contributed by atoms with Crippen LogP contribution in [0.25, 0.3) is 22.8 Å². The van der Waals surface area contributed by atoms with Gasteiger partial charge < -0.3 is 10.1 Å². The number of rotatable bonds is 4. The number of piperidine rings is 1. The quantitative estimate of drug-likeness (QED) is 0.725. The number of likely N-dealkylation sites (tertiary alicyclic amines) is 1. The number of aryl methyl sites for hydroxylation is 1. The zero-order valence-corrected chi connectivity index (χ0v) is 16.0. The molecule has 7 heteroatoms. The summed E-state index contributed by atoms with van der Waals surface area (Å²) in [5, 5.41) is 12.5. The molecule has 27 heavy (non-hydrogen) atoms. The number of H-pyrrole nitrogens is 1. The Labute approximate surface area is 161 Å². The first-order chi connectivity index (χ1) is 13.1. The summed E-state index contributed by atoms with van der Waals surface area (Å²) in [6.07, 6.45) is 1.48. The highest BCUT2D eigenvalue weighted by Crippen LogP contribution is 2.22. The van der Waals surface area contributed by atoms with Crippen LogP contribution in [0.4, 0.5) is 0 Å². The number of nitrogens with one attached hydrogen (secondary N) is 1. The molecule has 1 fully saturated rings. The van der Waals surface area contributed by atoms with Crippen LogP contribution < -0.4 is 5.56 Å². The fourth-order valence-electron chi connectivity index (χ4n) is 3.36. The van der Waals surface area contributed by atoms with Crippen molar-refractivity contribution in [2.75, 3.05) is 13.1 Å². The molecule has 0 atom stereocenters. The second-order valence-electron chi connectivity index (χ2n) is 6.94. The molecule has 0 unspecified atom stereocenters. The van der Waals surface area contributed by atoms with Crippen molar-refractivity contribution in [3.8, 4) is 22.8 Å². The molecule has 4 rings (SSSR count). The number of aromatic amines is 1.